The Morgan fingerprint density at radius 2 is 1.93 bits per heavy atom. The van der Waals surface area contributed by atoms with E-state index in [-0.39, 0.29) is 17.2 Å². The summed E-state index contributed by atoms with van der Waals surface area (Å²) < 4.78 is 0. The predicted molar refractivity (Wildman–Crippen MR) is 62.2 cm³/mol. The van der Waals surface area contributed by atoms with Crippen LogP contribution in [-0.2, 0) is 0 Å². The standard InChI is InChI=1S/C8H16N4O2S/c1-5(2)10-7(14)12-8(15-4)11-6(13)9-3/h5H,1-4H3,(H3,9,10,11,12,13,14). The number of carbonyl (C=O) groups is 2. The van der Waals surface area contributed by atoms with Gasteiger partial charge in [-0.2, -0.15) is 4.99 Å². The molecule has 0 aliphatic heterocycles. The molecular formula is C8H16N4O2S. The highest BCUT2D eigenvalue weighted by atomic mass is 32.2. The molecule has 0 radical (unpaired) electrons. The fourth-order valence-corrected chi connectivity index (χ4v) is 1.04. The fourth-order valence-electron chi connectivity index (χ4n) is 0.668. The molecule has 86 valence electrons. The smallest absolute Gasteiger partial charge is 0.339 e. The summed E-state index contributed by atoms with van der Waals surface area (Å²) >= 11 is 1.19. The van der Waals surface area contributed by atoms with Crippen molar-refractivity contribution in [1.29, 1.82) is 0 Å². The number of nitrogens with one attached hydrogen (secondary N) is 3. The molecule has 0 fully saturated rings. The Morgan fingerprint density at radius 1 is 1.33 bits per heavy atom. The quantitative estimate of drug-likeness (QED) is 0.461. The Bertz CT molecular complexity index is 265. The maximum absolute atomic E-state index is 11.2. The molecule has 3 N–H and O–H groups in total. The van der Waals surface area contributed by atoms with Crippen LogP contribution in [0.5, 0.6) is 0 Å². The Balaban J connectivity index is 4.27. The summed E-state index contributed by atoms with van der Waals surface area (Å²) in [6.45, 7) is 3.68. The summed E-state index contributed by atoms with van der Waals surface area (Å²) in [7, 11) is 1.47. The maximum Gasteiger partial charge on any atom is 0.343 e. The molecule has 0 aliphatic rings. The molecule has 0 atom stereocenters. The van der Waals surface area contributed by atoms with E-state index in [9.17, 15) is 9.59 Å². The lowest BCUT2D eigenvalue weighted by molar-refractivity contribution is 0.243. The topological polar surface area (TPSA) is 82.6 Å². The van der Waals surface area contributed by atoms with Gasteiger partial charge in [-0.1, -0.05) is 11.8 Å². The number of rotatable bonds is 1. The van der Waals surface area contributed by atoms with Crippen LogP contribution in [0.1, 0.15) is 13.8 Å². The number of amidine groups is 1. The molecule has 0 unspecified atom stereocenters. The van der Waals surface area contributed by atoms with Crippen LogP contribution in [0.4, 0.5) is 9.59 Å². The van der Waals surface area contributed by atoms with Gasteiger partial charge in [-0.15, -0.1) is 0 Å². The molecule has 0 heterocycles. The van der Waals surface area contributed by atoms with E-state index in [4.69, 9.17) is 0 Å². The number of carbonyl (C=O) groups excluding carboxylic acids is 2. The average molecular weight is 232 g/mol. The first-order chi connectivity index (χ1) is 6.99. The predicted octanol–water partition coefficient (Wildman–Crippen LogP) is 0.752. The number of nitrogens with zero attached hydrogens (tertiary/aromatic N) is 1. The van der Waals surface area contributed by atoms with Crippen LogP contribution in [0.3, 0.4) is 0 Å². The molecule has 0 aromatic carbocycles. The van der Waals surface area contributed by atoms with E-state index in [0.29, 0.717) is 0 Å². The number of thioether (sulfide) groups is 1. The largest absolute Gasteiger partial charge is 0.343 e. The van der Waals surface area contributed by atoms with Gasteiger partial charge in [0.2, 0.25) is 0 Å². The Labute approximate surface area is 93.3 Å². The second-order valence-electron chi connectivity index (χ2n) is 2.93. The minimum atomic E-state index is -0.496. The highest BCUT2D eigenvalue weighted by molar-refractivity contribution is 8.13. The van der Waals surface area contributed by atoms with E-state index in [1.807, 2.05) is 13.8 Å². The van der Waals surface area contributed by atoms with Gasteiger partial charge in [0.15, 0.2) is 5.17 Å². The molecule has 0 aromatic rings. The minimum absolute atomic E-state index is 0.0353. The highest BCUT2D eigenvalue weighted by Crippen LogP contribution is 1.95. The Kier molecular flexibility index (Phi) is 6.52. The van der Waals surface area contributed by atoms with Gasteiger partial charge < -0.3 is 10.6 Å². The molecule has 0 aliphatic carbocycles. The molecular weight excluding hydrogens is 216 g/mol. The first-order valence-corrected chi connectivity index (χ1v) is 5.64. The fraction of sp³-hybridized carbons (Fsp3) is 0.625. The third-order valence-electron chi connectivity index (χ3n) is 1.25. The summed E-state index contributed by atoms with van der Waals surface area (Å²) in [5, 5.41) is 7.68. The lowest BCUT2D eigenvalue weighted by atomic mass is 10.4. The van der Waals surface area contributed by atoms with E-state index in [1.54, 1.807) is 6.26 Å². The van der Waals surface area contributed by atoms with Gasteiger partial charge >= 0.3 is 12.1 Å². The molecule has 7 heteroatoms. The SMILES string of the molecule is CNC(=O)N=C(NC(=O)NC(C)C)SC. The molecule has 0 rings (SSSR count). The molecule has 0 spiro atoms. The van der Waals surface area contributed by atoms with Gasteiger partial charge in [-0.25, -0.2) is 9.59 Å². The van der Waals surface area contributed by atoms with Gasteiger partial charge in [0.1, 0.15) is 0 Å². The molecule has 0 bridgehead atoms. The van der Waals surface area contributed by atoms with E-state index >= 15 is 0 Å². The molecule has 0 saturated heterocycles. The molecule has 15 heavy (non-hydrogen) atoms. The number of amides is 4. The van der Waals surface area contributed by atoms with E-state index < -0.39 is 6.03 Å². The summed E-state index contributed by atoms with van der Waals surface area (Å²) in [5.74, 6) is 0. The highest BCUT2D eigenvalue weighted by Gasteiger charge is 2.07. The third-order valence-corrected chi connectivity index (χ3v) is 1.83. The van der Waals surface area contributed by atoms with E-state index in [0.717, 1.165) is 0 Å². The van der Waals surface area contributed by atoms with E-state index in [1.165, 1.54) is 18.8 Å². The normalized spacial score (nSPS) is 11.1. The van der Waals surface area contributed by atoms with Crippen molar-refractivity contribution in [1.82, 2.24) is 16.0 Å². The molecule has 4 amide bonds. The van der Waals surface area contributed by atoms with Gasteiger partial charge in [-0.05, 0) is 20.1 Å². The second-order valence-corrected chi connectivity index (χ2v) is 3.72. The Hall–Kier alpha value is -1.24. The van der Waals surface area contributed by atoms with Crippen LogP contribution >= 0.6 is 11.8 Å². The number of aliphatic imine (C=N–C) groups is 1. The Morgan fingerprint density at radius 3 is 2.33 bits per heavy atom. The summed E-state index contributed by atoms with van der Waals surface area (Å²) in [6, 6.07) is -0.834. The molecule has 0 aromatic heterocycles. The van der Waals surface area contributed by atoms with Crippen molar-refractivity contribution < 1.29 is 9.59 Å². The average Bonchev–Trinajstić information content (AvgIpc) is 2.15. The zero-order valence-corrected chi connectivity index (χ0v) is 10.1. The summed E-state index contributed by atoms with van der Waals surface area (Å²) in [6.07, 6.45) is 1.72. The molecule has 6 nitrogen and oxygen atoms in total. The van der Waals surface area contributed by atoms with Crippen molar-refractivity contribution in [2.45, 2.75) is 19.9 Å². The number of hydrogen-bond donors (Lipinski definition) is 3. The van der Waals surface area contributed by atoms with Gasteiger partial charge in [0.05, 0.1) is 0 Å². The van der Waals surface area contributed by atoms with Crippen molar-refractivity contribution in [3.8, 4) is 0 Å². The van der Waals surface area contributed by atoms with Crippen molar-refractivity contribution in [3.63, 3.8) is 0 Å². The van der Waals surface area contributed by atoms with Crippen LogP contribution in [0, 0.1) is 0 Å². The van der Waals surface area contributed by atoms with Crippen molar-refractivity contribution in [3.05, 3.63) is 0 Å². The first-order valence-electron chi connectivity index (χ1n) is 4.41. The van der Waals surface area contributed by atoms with Gasteiger partial charge in [0, 0.05) is 13.1 Å². The van der Waals surface area contributed by atoms with Crippen LogP contribution in [-0.4, -0.2) is 36.6 Å². The number of urea groups is 2. The van der Waals surface area contributed by atoms with Gasteiger partial charge in [-0.3, -0.25) is 5.32 Å². The van der Waals surface area contributed by atoms with Gasteiger partial charge in [0.25, 0.3) is 0 Å². The zero-order chi connectivity index (χ0) is 11.8. The van der Waals surface area contributed by atoms with Crippen molar-refractivity contribution >= 4 is 29.0 Å². The van der Waals surface area contributed by atoms with Crippen LogP contribution in [0.15, 0.2) is 4.99 Å². The van der Waals surface area contributed by atoms with Crippen LogP contribution in [0.2, 0.25) is 0 Å². The van der Waals surface area contributed by atoms with Crippen molar-refractivity contribution in [2.75, 3.05) is 13.3 Å². The lowest BCUT2D eigenvalue weighted by Gasteiger charge is -2.10. The second kappa shape index (κ2) is 7.10. The van der Waals surface area contributed by atoms with Crippen LogP contribution in [0.25, 0.3) is 0 Å². The summed E-state index contributed by atoms with van der Waals surface area (Å²) in [4.78, 5) is 25.8. The molecule has 0 saturated carbocycles. The van der Waals surface area contributed by atoms with E-state index in [2.05, 4.69) is 20.9 Å². The third kappa shape index (κ3) is 6.78. The minimum Gasteiger partial charge on any atom is -0.339 e. The number of hydrogen-bond acceptors (Lipinski definition) is 3. The van der Waals surface area contributed by atoms with Crippen molar-refractivity contribution in [2.24, 2.45) is 4.99 Å². The summed E-state index contributed by atoms with van der Waals surface area (Å²) in [5.41, 5.74) is 0. The van der Waals surface area contributed by atoms with Crippen LogP contribution < -0.4 is 16.0 Å². The first kappa shape index (κ1) is 13.8. The maximum atomic E-state index is 11.2. The monoisotopic (exact) mass is 232 g/mol. The zero-order valence-electron chi connectivity index (χ0n) is 9.25. The lowest BCUT2D eigenvalue weighted by Crippen LogP contribution is -2.42.